The zero-order chi connectivity index (χ0) is 30.4. The number of halogens is 3. The van der Waals surface area contributed by atoms with Crippen molar-refractivity contribution < 1.29 is 33.3 Å². The molecule has 0 saturated carbocycles. The summed E-state index contributed by atoms with van der Waals surface area (Å²) in [6, 6.07) is 11.7. The average molecular weight is 685 g/mol. The molecule has 10 nitrogen and oxygen atoms in total. The number of hydrogen-bond donors (Lipinski definition) is 1. The van der Waals surface area contributed by atoms with E-state index in [1.165, 1.54) is 0 Å². The van der Waals surface area contributed by atoms with Gasteiger partial charge in [-0.3, -0.25) is 4.57 Å². The Morgan fingerprint density at radius 1 is 1.12 bits per heavy atom. The van der Waals surface area contributed by atoms with E-state index in [-0.39, 0.29) is 13.0 Å². The quantitative estimate of drug-likeness (QED) is 0.293. The molecule has 5 rings (SSSR count). The second kappa shape index (κ2) is 11.9. The number of rotatable bonds is 7. The molecule has 2 aromatic carbocycles. The van der Waals surface area contributed by atoms with Crippen LogP contribution in [-0.4, -0.2) is 64.0 Å². The van der Waals surface area contributed by atoms with E-state index in [9.17, 15) is 9.59 Å². The van der Waals surface area contributed by atoms with Gasteiger partial charge in [-0.05, 0) is 68.2 Å². The Labute approximate surface area is 262 Å². The number of nitrogens with zero attached hydrogens (tertiary/aromatic N) is 2. The highest BCUT2D eigenvalue weighted by Gasteiger charge is 2.56. The molecule has 0 radical (unpaired) electrons. The number of ether oxygens (including phenoxy) is 5. The zero-order valence-corrected chi connectivity index (χ0v) is 26.8. The first-order valence-corrected chi connectivity index (χ1v) is 15.0. The Morgan fingerprint density at radius 2 is 1.79 bits per heavy atom. The Balaban J connectivity index is 1.35. The Hall–Kier alpha value is -2.41. The predicted molar refractivity (Wildman–Crippen MR) is 159 cm³/mol. The van der Waals surface area contributed by atoms with Crippen LogP contribution in [0.4, 0.5) is 4.79 Å². The molecule has 2 saturated heterocycles. The molecule has 1 amide bonds. The molecule has 0 spiro atoms. The van der Waals surface area contributed by atoms with Gasteiger partial charge < -0.3 is 29.0 Å². The number of hydrogen-bond acceptors (Lipinski definition) is 8. The van der Waals surface area contributed by atoms with Gasteiger partial charge in [-0.15, -0.1) is 0 Å². The standard InChI is InChI=1S/C29H32BrCl2N3O7/c1-28(2,3)42-27(37)34-19(11-15-9-7-6-8-10-15)25(36)38-14-21-22-23(41-29(4,5)40-22)24(39-21)35-20-13-17(32)16(31)12-18(20)33-26(35)30/h6-10,12-13,19,21-24H,11,14H2,1-5H3,(H,34,37)/t19-,21+,22+,23+,24+/m0/s1. The predicted octanol–water partition coefficient (Wildman–Crippen LogP) is 6.20. The summed E-state index contributed by atoms with van der Waals surface area (Å²) in [6.07, 6.45) is -2.98. The summed E-state index contributed by atoms with van der Waals surface area (Å²) >= 11 is 16.1. The van der Waals surface area contributed by atoms with E-state index in [2.05, 4.69) is 26.2 Å². The summed E-state index contributed by atoms with van der Waals surface area (Å²) in [7, 11) is 0. The fraction of sp³-hybridized carbons (Fsp3) is 0.483. The van der Waals surface area contributed by atoms with Crippen molar-refractivity contribution in [3.05, 3.63) is 62.8 Å². The fourth-order valence-electron chi connectivity index (χ4n) is 5.06. The highest BCUT2D eigenvalue weighted by atomic mass is 79.9. The Morgan fingerprint density at radius 3 is 2.48 bits per heavy atom. The van der Waals surface area contributed by atoms with Gasteiger partial charge in [0.2, 0.25) is 0 Å². The average Bonchev–Trinajstić information content (AvgIpc) is 3.49. The fourth-order valence-corrected chi connectivity index (χ4v) is 5.96. The van der Waals surface area contributed by atoms with Crippen molar-refractivity contribution in [1.29, 1.82) is 0 Å². The van der Waals surface area contributed by atoms with Crippen molar-refractivity contribution >= 4 is 62.2 Å². The number of carbonyl (C=O) groups is 2. The maximum absolute atomic E-state index is 13.4. The van der Waals surface area contributed by atoms with Crippen LogP contribution < -0.4 is 5.32 Å². The summed E-state index contributed by atoms with van der Waals surface area (Å²) in [5.41, 5.74) is 1.40. The number of alkyl carbamates (subject to hydrolysis) is 1. The van der Waals surface area contributed by atoms with Gasteiger partial charge in [-0.25, -0.2) is 14.6 Å². The van der Waals surface area contributed by atoms with Gasteiger partial charge in [0.05, 0.1) is 21.1 Å². The van der Waals surface area contributed by atoms with E-state index in [4.69, 9.17) is 46.9 Å². The van der Waals surface area contributed by atoms with Crippen LogP contribution in [0.15, 0.2) is 47.2 Å². The van der Waals surface area contributed by atoms with Gasteiger partial charge in [-0.1, -0.05) is 53.5 Å². The van der Waals surface area contributed by atoms with E-state index in [0.29, 0.717) is 25.8 Å². The molecule has 3 heterocycles. The molecule has 42 heavy (non-hydrogen) atoms. The second-order valence-electron chi connectivity index (χ2n) is 11.7. The molecule has 13 heteroatoms. The first kappa shape index (κ1) is 31.0. The van der Waals surface area contributed by atoms with E-state index >= 15 is 0 Å². The summed E-state index contributed by atoms with van der Waals surface area (Å²) in [4.78, 5) is 30.5. The number of carbonyl (C=O) groups excluding carboxylic acids is 2. The SMILES string of the molecule is CC(C)(C)OC(=O)N[C@@H](Cc1ccccc1)C(=O)OC[C@H]1O[C@@H](n2c(Br)nc3cc(Cl)c(Cl)cc32)[C@@H]2OC(C)(C)O[C@@H]21. The van der Waals surface area contributed by atoms with Gasteiger partial charge in [0.15, 0.2) is 16.7 Å². The van der Waals surface area contributed by atoms with E-state index in [0.717, 1.165) is 5.56 Å². The lowest BCUT2D eigenvalue weighted by Gasteiger charge is -2.26. The number of fused-ring (bicyclic) bond motifs is 2. The normalized spacial score (nSPS) is 23.9. The van der Waals surface area contributed by atoms with Crippen molar-refractivity contribution in [1.82, 2.24) is 14.9 Å². The molecule has 1 aromatic heterocycles. The first-order chi connectivity index (χ1) is 19.7. The number of aromatic nitrogens is 2. The number of imidazole rings is 1. The molecule has 226 valence electrons. The van der Waals surface area contributed by atoms with Gasteiger partial charge in [0.25, 0.3) is 0 Å². The molecule has 0 bridgehead atoms. The monoisotopic (exact) mass is 683 g/mol. The van der Waals surface area contributed by atoms with Crippen LogP contribution in [0.5, 0.6) is 0 Å². The van der Waals surface area contributed by atoms with Crippen molar-refractivity contribution in [2.24, 2.45) is 0 Å². The number of esters is 1. The maximum Gasteiger partial charge on any atom is 0.408 e. The topological polar surface area (TPSA) is 110 Å². The largest absolute Gasteiger partial charge is 0.461 e. The summed E-state index contributed by atoms with van der Waals surface area (Å²) in [5.74, 6) is -1.54. The molecular weight excluding hydrogens is 653 g/mol. The third-order valence-corrected chi connectivity index (χ3v) is 8.00. The number of nitrogens with one attached hydrogen (secondary N) is 1. The lowest BCUT2D eigenvalue weighted by atomic mass is 10.1. The lowest BCUT2D eigenvalue weighted by Crippen LogP contribution is -2.46. The van der Waals surface area contributed by atoms with Crippen molar-refractivity contribution in [3.8, 4) is 0 Å². The Kier molecular flexibility index (Phi) is 8.82. The Bertz CT molecular complexity index is 1480. The smallest absolute Gasteiger partial charge is 0.408 e. The molecular formula is C29H32BrCl2N3O7. The molecule has 2 aliphatic rings. The van der Waals surface area contributed by atoms with Crippen LogP contribution in [0, 0.1) is 0 Å². The van der Waals surface area contributed by atoms with Crippen LogP contribution in [0.2, 0.25) is 10.0 Å². The van der Waals surface area contributed by atoms with Crippen LogP contribution in [-0.2, 0) is 34.9 Å². The van der Waals surface area contributed by atoms with Crippen molar-refractivity contribution in [2.45, 2.75) is 83.0 Å². The highest BCUT2D eigenvalue weighted by molar-refractivity contribution is 9.10. The minimum absolute atomic E-state index is 0.145. The third-order valence-electron chi connectivity index (χ3n) is 6.72. The van der Waals surface area contributed by atoms with Crippen LogP contribution >= 0.6 is 39.1 Å². The zero-order valence-electron chi connectivity index (χ0n) is 23.7. The van der Waals surface area contributed by atoms with Gasteiger partial charge in [0, 0.05) is 6.42 Å². The van der Waals surface area contributed by atoms with Gasteiger partial charge in [0.1, 0.15) is 36.6 Å². The van der Waals surface area contributed by atoms with Gasteiger partial charge >= 0.3 is 12.1 Å². The second-order valence-corrected chi connectivity index (χ2v) is 13.2. The van der Waals surface area contributed by atoms with E-state index in [1.54, 1.807) is 32.9 Å². The van der Waals surface area contributed by atoms with Crippen LogP contribution in [0.3, 0.4) is 0 Å². The third kappa shape index (κ3) is 6.87. The van der Waals surface area contributed by atoms with Crippen LogP contribution in [0.1, 0.15) is 46.4 Å². The number of amides is 1. The van der Waals surface area contributed by atoms with Crippen LogP contribution in [0.25, 0.3) is 11.0 Å². The minimum atomic E-state index is -0.994. The van der Waals surface area contributed by atoms with E-state index < -0.39 is 54.0 Å². The minimum Gasteiger partial charge on any atom is -0.461 e. The van der Waals surface area contributed by atoms with Crippen molar-refractivity contribution in [3.63, 3.8) is 0 Å². The molecule has 0 unspecified atom stereocenters. The molecule has 5 atom stereocenters. The number of benzene rings is 2. The molecule has 3 aromatic rings. The molecule has 2 fully saturated rings. The first-order valence-electron chi connectivity index (χ1n) is 13.4. The summed E-state index contributed by atoms with van der Waals surface area (Å²) in [5, 5.41) is 3.39. The maximum atomic E-state index is 13.4. The van der Waals surface area contributed by atoms with Crippen molar-refractivity contribution in [2.75, 3.05) is 6.61 Å². The summed E-state index contributed by atoms with van der Waals surface area (Å²) < 4.78 is 32.2. The summed E-state index contributed by atoms with van der Waals surface area (Å²) in [6.45, 7) is 8.71. The molecule has 0 aliphatic carbocycles. The van der Waals surface area contributed by atoms with Gasteiger partial charge in [-0.2, -0.15) is 0 Å². The highest BCUT2D eigenvalue weighted by Crippen LogP contribution is 2.45. The van der Waals surface area contributed by atoms with E-state index in [1.807, 2.05) is 48.7 Å². The molecule has 1 N–H and O–H groups in total. The lowest BCUT2D eigenvalue weighted by molar-refractivity contribution is -0.202. The molecule has 2 aliphatic heterocycles.